The van der Waals surface area contributed by atoms with Crippen LogP contribution in [0.15, 0.2) is 24.3 Å². The summed E-state index contributed by atoms with van der Waals surface area (Å²) < 4.78 is 37.0. The van der Waals surface area contributed by atoms with Gasteiger partial charge >= 0.3 is 6.18 Å². The molecular weight excluding hydrogens is 231 g/mol. The van der Waals surface area contributed by atoms with E-state index in [0.29, 0.717) is 12.1 Å². The van der Waals surface area contributed by atoms with Gasteiger partial charge in [0.2, 0.25) is 0 Å². The van der Waals surface area contributed by atoms with Crippen molar-refractivity contribution in [3.05, 3.63) is 35.4 Å². The van der Waals surface area contributed by atoms with E-state index in [0.717, 1.165) is 25.1 Å². The van der Waals surface area contributed by atoms with Gasteiger partial charge in [-0.15, -0.1) is 0 Å². The van der Waals surface area contributed by atoms with Gasteiger partial charge in [-0.2, -0.15) is 13.2 Å². The van der Waals surface area contributed by atoms with Crippen LogP contribution in [0.25, 0.3) is 0 Å². The molecule has 0 saturated carbocycles. The maximum absolute atomic E-state index is 12.3. The molecule has 1 aliphatic heterocycles. The standard InChI is InChI=1S/C12H14F3NO/c13-12(14,15)10-3-1-8(2-4-10)11(17)9-5-6-16-7-9/h1-4,9,11,16-17H,5-7H2. The molecule has 2 N–H and O–H groups in total. The van der Waals surface area contributed by atoms with Gasteiger partial charge < -0.3 is 10.4 Å². The summed E-state index contributed by atoms with van der Waals surface area (Å²) in [6.07, 6.45) is -4.16. The minimum atomic E-state index is -4.32. The van der Waals surface area contributed by atoms with Crippen molar-refractivity contribution in [2.24, 2.45) is 5.92 Å². The van der Waals surface area contributed by atoms with Gasteiger partial charge in [0.05, 0.1) is 11.7 Å². The molecule has 0 aromatic heterocycles. The molecule has 2 rings (SSSR count). The van der Waals surface area contributed by atoms with Gasteiger partial charge in [-0.3, -0.25) is 0 Å². The number of hydrogen-bond donors (Lipinski definition) is 2. The normalized spacial score (nSPS) is 22.7. The van der Waals surface area contributed by atoms with E-state index >= 15 is 0 Å². The van der Waals surface area contributed by atoms with E-state index in [2.05, 4.69) is 5.32 Å². The molecule has 1 saturated heterocycles. The first-order valence-electron chi connectivity index (χ1n) is 5.54. The van der Waals surface area contributed by atoms with E-state index in [4.69, 9.17) is 0 Å². The van der Waals surface area contributed by atoms with E-state index in [-0.39, 0.29) is 5.92 Å². The van der Waals surface area contributed by atoms with Crippen LogP contribution in [0.1, 0.15) is 23.7 Å². The van der Waals surface area contributed by atoms with E-state index in [1.165, 1.54) is 12.1 Å². The lowest BCUT2D eigenvalue weighted by atomic mass is 9.94. The van der Waals surface area contributed by atoms with Gasteiger partial charge in [0.25, 0.3) is 0 Å². The molecule has 0 spiro atoms. The molecule has 0 aliphatic carbocycles. The van der Waals surface area contributed by atoms with Crippen LogP contribution in [0, 0.1) is 5.92 Å². The summed E-state index contributed by atoms with van der Waals surface area (Å²) in [4.78, 5) is 0. The zero-order valence-electron chi connectivity index (χ0n) is 9.17. The van der Waals surface area contributed by atoms with E-state index in [1.54, 1.807) is 0 Å². The van der Waals surface area contributed by atoms with Gasteiger partial charge in [0.15, 0.2) is 0 Å². The zero-order valence-corrected chi connectivity index (χ0v) is 9.17. The van der Waals surface area contributed by atoms with Crippen LogP contribution in [-0.2, 0) is 6.18 Å². The molecule has 1 aromatic rings. The van der Waals surface area contributed by atoms with E-state index in [1.807, 2.05) is 0 Å². The first-order chi connectivity index (χ1) is 7.98. The van der Waals surface area contributed by atoms with Crippen LogP contribution in [0.5, 0.6) is 0 Å². The van der Waals surface area contributed by atoms with Crippen molar-refractivity contribution in [1.29, 1.82) is 0 Å². The second-order valence-corrected chi connectivity index (χ2v) is 4.32. The molecule has 2 nitrogen and oxygen atoms in total. The first kappa shape index (κ1) is 12.4. The maximum Gasteiger partial charge on any atom is 0.416 e. The third kappa shape index (κ3) is 2.79. The Hall–Kier alpha value is -1.07. The van der Waals surface area contributed by atoms with E-state index in [9.17, 15) is 18.3 Å². The van der Waals surface area contributed by atoms with Crippen LogP contribution in [0.2, 0.25) is 0 Å². The monoisotopic (exact) mass is 245 g/mol. The van der Waals surface area contributed by atoms with Crippen molar-refractivity contribution >= 4 is 0 Å². The Morgan fingerprint density at radius 3 is 2.35 bits per heavy atom. The first-order valence-corrected chi connectivity index (χ1v) is 5.54. The smallest absolute Gasteiger partial charge is 0.388 e. The fraction of sp³-hybridized carbons (Fsp3) is 0.500. The Bertz CT molecular complexity index is 368. The second-order valence-electron chi connectivity index (χ2n) is 4.32. The molecule has 2 atom stereocenters. The molecule has 5 heteroatoms. The third-order valence-electron chi connectivity index (χ3n) is 3.12. The number of nitrogens with one attached hydrogen (secondary N) is 1. The molecule has 2 unspecified atom stereocenters. The predicted molar refractivity (Wildman–Crippen MR) is 57.4 cm³/mol. The minimum Gasteiger partial charge on any atom is -0.388 e. The fourth-order valence-corrected chi connectivity index (χ4v) is 2.09. The molecular formula is C12H14F3NO. The number of benzene rings is 1. The van der Waals surface area contributed by atoms with Gasteiger partial charge in [0.1, 0.15) is 0 Å². The average Bonchev–Trinajstić information content (AvgIpc) is 2.80. The highest BCUT2D eigenvalue weighted by atomic mass is 19.4. The van der Waals surface area contributed by atoms with Crippen LogP contribution in [0.3, 0.4) is 0 Å². The topological polar surface area (TPSA) is 32.3 Å². The predicted octanol–water partition coefficient (Wildman–Crippen LogP) is 2.35. The Kier molecular flexibility index (Phi) is 3.40. The van der Waals surface area contributed by atoms with Gasteiger partial charge in [-0.05, 0) is 30.7 Å². The van der Waals surface area contributed by atoms with Crippen molar-refractivity contribution in [3.8, 4) is 0 Å². The summed E-state index contributed by atoms with van der Waals surface area (Å²) in [5.41, 5.74) is -0.135. The summed E-state index contributed by atoms with van der Waals surface area (Å²) in [6.45, 7) is 1.56. The molecule has 1 heterocycles. The van der Waals surface area contributed by atoms with Crippen molar-refractivity contribution in [3.63, 3.8) is 0 Å². The van der Waals surface area contributed by atoms with Gasteiger partial charge in [0, 0.05) is 12.5 Å². The lowest BCUT2D eigenvalue weighted by Crippen LogP contribution is -2.16. The Morgan fingerprint density at radius 2 is 1.88 bits per heavy atom. The highest BCUT2D eigenvalue weighted by Crippen LogP contribution is 2.32. The second kappa shape index (κ2) is 4.66. The summed E-state index contributed by atoms with van der Waals surface area (Å²) >= 11 is 0. The zero-order chi connectivity index (χ0) is 12.5. The molecule has 0 amide bonds. The number of aliphatic hydroxyl groups is 1. The van der Waals surface area contributed by atoms with Crippen molar-refractivity contribution < 1.29 is 18.3 Å². The van der Waals surface area contributed by atoms with Gasteiger partial charge in [-0.1, -0.05) is 12.1 Å². The number of alkyl halides is 3. The third-order valence-corrected chi connectivity index (χ3v) is 3.12. The molecule has 1 aromatic carbocycles. The van der Waals surface area contributed by atoms with Crippen LogP contribution < -0.4 is 5.32 Å². The lowest BCUT2D eigenvalue weighted by Gasteiger charge is -2.18. The minimum absolute atomic E-state index is 0.0896. The van der Waals surface area contributed by atoms with Crippen LogP contribution >= 0.6 is 0 Å². The summed E-state index contributed by atoms with van der Waals surface area (Å²) in [6, 6.07) is 4.74. The Balaban J connectivity index is 2.12. The van der Waals surface area contributed by atoms with E-state index < -0.39 is 17.8 Å². The number of aliphatic hydroxyl groups excluding tert-OH is 1. The van der Waals surface area contributed by atoms with Crippen LogP contribution in [-0.4, -0.2) is 18.2 Å². The summed E-state index contributed by atoms with van der Waals surface area (Å²) in [5.74, 6) is 0.0896. The molecule has 94 valence electrons. The highest BCUT2D eigenvalue weighted by Gasteiger charge is 2.31. The Labute approximate surface area is 97.5 Å². The molecule has 17 heavy (non-hydrogen) atoms. The molecule has 0 bridgehead atoms. The number of rotatable bonds is 2. The van der Waals surface area contributed by atoms with Crippen molar-refractivity contribution in [1.82, 2.24) is 5.32 Å². The largest absolute Gasteiger partial charge is 0.416 e. The highest BCUT2D eigenvalue weighted by molar-refractivity contribution is 5.26. The average molecular weight is 245 g/mol. The SMILES string of the molecule is OC(c1ccc(C(F)(F)F)cc1)C1CCNC1. The molecule has 0 radical (unpaired) electrons. The Morgan fingerprint density at radius 1 is 1.24 bits per heavy atom. The molecule has 1 aliphatic rings. The van der Waals surface area contributed by atoms with Gasteiger partial charge in [-0.25, -0.2) is 0 Å². The quantitative estimate of drug-likeness (QED) is 0.838. The van der Waals surface area contributed by atoms with Crippen molar-refractivity contribution in [2.45, 2.75) is 18.7 Å². The van der Waals surface area contributed by atoms with Crippen molar-refractivity contribution in [2.75, 3.05) is 13.1 Å². The lowest BCUT2D eigenvalue weighted by molar-refractivity contribution is -0.137. The van der Waals surface area contributed by atoms with Crippen LogP contribution in [0.4, 0.5) is 13.2 Å². The number of hydrogen-bond acceptors (Lipinski definition) is 2. The summed E-state index contributed by atoms with van der Waals surface area (Å²) in [7, 11) is 0. The maximum atomic E-state index is 12.3. The number of halogens is 3. The summed E-state index contributed by atoms with van der Waals surface area (Å²) in [5, 5.41) is 13.1. The molecule has 1 fully saturated rings. The fourth-order valence-electron chi connectivity index (χ4n) is 2.09.